The maximum atomic E-state index is 6.26. The highest BCUT2D eigenvalue weighted by molar-refractivity contribution is 9.10. The number of nitrogen functional groups attached to an aromatic ring is 1. The Morgan fingerprint density at radius 3 is 2.38 bits per heavy atom. The van der Waals surface area contributed by atoms with Gasteiger partial charge in [0.1, 0.15) is 11.5 Å². The Bertz CT molecular complexity index is 788. The van der Waals surface area contributed by atoms with E-state index in [2.05, 4.69) is 40.1 Å². The summed E-state index contributed by atoms with van der Waals surface area (Å²) in [6.45, 7) is 2.09. The van der Waals surface area contributed by atoms with Crippen molar-refractivity contribution in [3.8, 4) is 22.4 Å². The summed E-state index contributed by atoms with van der Waals surface area (Å²) in [5.74, 6) is 0.683. The van der Waals surface area contributed by atoms with E-state index >= 15 is 0 Å². The molecule has 0 bridgehead atoms. The van der Waals surface area contributed by atoms with Gasteiger partial charge in [-0.3, -0.25) is 4.68 Å². The monoisotopic (exact) mass is 341 g/mol. The normalized spacial score (nSPS) is 10.8. The van der Waals surface area contributed by atoms with Crippen molar-refractivity contribution in [2.45, 2.75) is 6.92 Å². The van der Waals surface area contributed by atoms with Crippen LogP contribution in [0.25, 0.3) is 22.4 Å². The maximum absolute atomic E-state index is 6.26. The van der Waals surface area contributed by atoms with Gasteiger partial charge in [0.2, 0.25) is 0 Å². The maximum Gasteiger partial charge on any atom is 0.129 e. The fourth-order valence-corrected chi connectivity index (χ4v) is 2.73. The second kappa shape index (κ2) is 5.37. The van der Waals surface area contributed by atoms with E-state index in [9.17, 15) is 0 Å². The zero-order chi connectivity index (χ0) is 15.0. The number of anilines is 1. The molecule has 0 aliphatic rings. The largest absolute Gasteiger partial charge is 0.383 e. The first-order chi connectivity index (χ1) is 10.1. The number of nitrogens with two attached hydrogens (primary N) is 1. The summed E-state index contributed by atoms with van der Waals surface area (Å²) >= 11 is 3.46. The van der Waals surface area contributed by atoms with E-state index in [1.165, 1.54) is 5.56 Å². The molecular weight excluding hydrogens is 326 g/mol. The highest BCUT2D eigenvalue weighted by Crippen LogP contribution is 2.37. The summed E-state index contributed by atoms with van der Waals surface area (Å²) in [4.78, 5) is 0. The van der Waals surface area contributed by atoms with Gasteiger partial charge in [-0.2, -0.15) is 5.10 Å². The lowest BCUT2D eigenvalue weighted by molar-refractivity contribution is 0.782. The van der Waals surface area contributed by atoms with E-state index in [0.29, 0.717) is 5.82 Å². The predicted molar refractivity (Wildman–Crippen MR) is 90.9 cm³/mol. The zero-order valence-corrected chi connectivity index (χ0v) is 13.6. The molecule has 0 aliphatic carbocycles. The van der Waals surface area contributed by atoms with Crippen molar-refractivity contribution in [3.63, 3.8) is 0 Å². The highest BCUT2D eigenvalue weighted by atomic mass is 79.9. The van der Waals surface area contributed by atoms with Crippen molar-refractivity contribution in [1.82, 2.24) is 9.78 Å². The summed E-state index contributed by atoms with van der Waals surface area (Å²) in [6, 6.07) is 16.4. The molecule has 0 unspecified atom stereocenters. The van der Waals surface area contributed by atoms with Crippen LogP contribution in [-0.2, 0) is 7.05 Å². The highest BCUT2D eigenvalue weighted by Gasteiger charge is 2.18. The van der Waals surface area contributed by atoms with Crippen molar-refractivity contribution in [2.24, 2.45) is 7.05 Å². The van der Waals surface area contributed by atoms with Gasteiger partial charge in [0.05, 0.1) is 5.56 Å². The van der Waals surface area contributed by atoms with Crippen LogP contribution >= 0.6 is 15.9 Å². The number of hydrogen-bond donors (Lipinski definition) is 1. The number of benzene rings is 2. The fraction of sp³-hybridized carbons (Fsp3) is 0.118. The van der Waals surface area contributed by atoms with Crippen molar-refractivity contribution >= 4 is 21.7 Å². The molecule has 3 aromatic rings. The minimum atomic E-state index is 0.683. The summed E-state index contributed by atoms with van der Waals surface area (Å²) in [7, 11) is 1.87. The second-order valence-electron chi connectivity index (χ2n) is 5.05. The first-order valence-electron chi connectivity index (χ1n) is 6.72. The number of aromatic nitrogens is 2. The van der Waals surface area contributed by atoms with Gasteiger partial charge in [0.15, 0.2) is 0 Å². The molecule has 2 aromatic carbocycles. The standard InChI is InChI=1S/C17H16BrN3/c1-11-5-3-4-6-14(11)15-16(20-21(2)17(15)19)12-7-9-13(18)10-8-12/h3-10H,19H2,1-2H3. The van der Waals surface area contributed by atoms with Gasteiger partial charge in [0, 0.05) is 17.1 Å². The van der Waals surface area contributed by atoms with Crippen LogP contribution in [-0.4, -0.2) is 9.78 Å². The topological polar surface area (TPSA) is 43.8 Å². The molecule has 21 heavy (non-hydrogen) atoms. The van der Waals surface area contributed by atoms with Crippen LogP contribution in [0.3, 0.4) is 0 Å². The number of nitrogens with zero attached hydrogens (tertiary/aromatic N) is 2. The molecule has 3 nitrogen and oxygen atoms in total. The third-order valence-corrected chi connectivity index (χ3v) is 4.15. The van der Waals surface area contributed by atoms with Gasteiger partial charge < -0.3 is 5.73 Å². The summed E-state index contributed by atoms with van der Waals surface area (Å²) in [5, 5.41) is 4.60. The summed E-state index contributed by atoms with van der Waals surface area (Å²) < 4.78 is 2.78. The molecule has 0 fully saturated rings. The van der Waals surface area contributed by atoms with E-state index in [0.717, 1.165) is 26.9 Å². The van der Waals surface area contributed by atoms with Gasteiger partial charge in [-0.15, -0.1) is 0 Å². The molecule has 1 aromatic heterocycles. The number of hydrogen-bond acceptors (Lipinski definition) is 2. The predicted octanol–water partition coefficient (Wildman–Crippen LogP) is 4.41. The summed E-state index contributed by atoms with van der Waals surface area (Å²) in [6.07, 6.45) is 0. The third kappa shape index (κ3) is 2.47. The van der Waals surface area contributed by atoms with Crippen LogP contribution in [0.15, 0.2) is 53.0 Å². The van der Waals surface area contributed by atoms with Crippen LogP contribution in [0.5, 0.6) is 0 Å². The van der Waals surface area contributed by atoms with Crippen LogP contribution in [0, 0.1) is 6.92 Å². The molecular formula is C17H16BrN3. The zero-order valence-electron chi connectivity index (χ0n) is 12.0. The van der Waals surface area contributed by atoms with E-state index in [4.69, 9.17) is 5.73 Å². The Labute approximate surface area is 132 Å². The van der Waals surface area contributed by atoms with Crippen molar-refractivity contribution < 1.29 is 0 Å². The van der Waals surface area contributed by atoms with Crippen LogP contribution in [0.2, 0.25) is 0 Å². The van der Waals surface area contributed by atoms with Gasteiger partial charge >= 0.3 is 0 Å². The number of rotatable bonds is 2. The Morgan fingerprint density at radius 2 is 1.71 bits per heavy atom. The van der Waals surface area contributed by atoms with Crippen LogP contribution in [0.1, 0.15) is 5.56 Å². The average Bonchev–Trinajstić information content (AvgIpc) is 2.77. The number of halogens is 1. The fourth-order valence-electron chi connectivity index (χ4n) is 2.47. The smallest absolute Gasteiger partial charge is 0.129 e. The molecule has 0 radical (unpaired) electrons. The second-order valence-corrected chi connectivity index (χ2v) is 5.97. The van der Waals surface area contributed by atoms with E-state index in [1.54, 1.807) is 4.68 Å². The van der Waals surface area contributed by atoms with Gasteiger partial charge in [0.25, 0.3) is 0 Å². The minimum Gasteiger partial charge on any atom is -0.383 e. The van der Waals surface area contributed by atoms with E-state index in [-0.39, 0.29) is 0 Å². The molecule has 0 atom stereocenters. The Morgan fingerprint density at radius 1 is 1.05 bits per heavy atom. The third-order valence-electron chi connectivity index (χ3n) is 3.62. The average molecular weight is 342 g/mol. The number of aryl methyl sites for hydroxylation is 2. The van der Waals surface area contributed by atoms with Crippen molar-refractivity contribution in [1.29, 1.82) is 0 Å². The minimum absolute atomic E-state index is 0.683. The molecule has 106 valence electrons. The molecule has 0 spiro atoms. The first kappa shape index (κ1) is 13.9. The van der Waals surface area contributed by atoms with Gasteiger partial charge in [-0.25, -0.2) is 0 Å². The van der Waals surface area contributed by atoms with Gasteiger partial charge in [-0.1, -0.05) is 52.3 Å². The lowest BCUT2D eigenvalue weighted by Crippen LogP contribution is -1.98. The van der Waals surface area contributed by atoms with Crippen molar-refractivity contribution in [3.05, 3.63) is 58.6 Å². The molecule has 4 heteroatoms. The van der Waals surface area contributed by atoms with Crippen molar-refractivity contribution in [2.75, 3.05) is 5.73 Å². The van der Waals surface area contributed by atoms with E-state index < -0.39 is 0 Å². The lowest BCUT2D eigenvalue weighted by Gasteiger charge is -2.07. The summed E-state index contributed by atoms with van der Waals surface area (Å²) in [5.41, 5.74) is 11.5. The molecule has 0 aliphatic heterocycles. The van der Waals surface area contributed by atoms with Crippen LogP contribution in [0.4, 0.5) is 5.82 Å². The molecule has 1 heterocycles. The van der Waals surface area contributed by atoms with E-state index in [1.807, 2.05) is 43.4 Å². The van der Waals surface area contributed by atoms with Gasteiger partial charge in [-0.05, 0) is 30.2 Å². The Hall–Kier alpha value is -2.07. The first-order valence-corrected chi connectivity index (χ1v) is 7.51. The SMILES string of the molecule is Cc1ccccc1-c1c(-c2ccc(Br)cc2)nn(C)c1N. The molecule has 0 amide bonds. The molecule has 2 N–H and O–H groups in total. The molecule has 3 rings (SSSR count). The molecule has 0 saturated carbocycles. The van der Waals surface area contributed by atoms with Crippen LogP contribution < -0.4 is 5.73 Å². The lowest BCUT2D eigenvalue weighted by atomic mass is 9.97. The Balaban J connectivity index is 2.26. The Kier molecular flexibility index (Phi) is 3.55. The quantitative estimate of drug-likeness (QED) is 0.750. The molecule has 0 saturated heterocycles.